The van der Waals surface area contributed by atoms with E-state index >= 15 is 0 Å². The fraction of sp³-hybridized carbons (Fsp3) is 0.367. The normalized spacial score (nSPS) is 16.7. The third kappa shape index (κ3) is 4.59. The number of nitriles is 1. The molecule has 184 valence electrons. The molecule has 3 aromatic carbocycles. The van der Waals surface area contributed by atoms with E-state index in [1.807, 2.05) is 13.1 Å². The molecule has 0 bridgehead atoms. The summed E-state index contributed by atoms with van der Waals surface area (Å²) in [4.78, 5) is 2.49. The highest BCUT2D eigenvalue weighted by Crippen LogP contribution is 2.34. The molecular formula is C30H33N5O. The van der Waals surface area contributed by atoms with E-state index in [-0.39, 0.29) is 12.0 Å². The Morgan fingerprint density at radius 3 is 2.78 bits per heavy atom. The Balaban J connectivity index is 1.48. The van der Waals surface area contributed by atoms with Gasteiger partial charge in [-0.15, -0.1) is 5.10 Å². The van der Waals surface area contributed by atoms with Crippen LogP contribution in [0.3, 0.4) is 0 Å². The third-order valence-corrected chi connectivity index (χ3v) is 7.50. The summed E-state index contributed by atoms with van der Waals surface area (Å²) in [6.45, 7) is 9.04. The Labute approximate surface area is 213 Å². The maximum Gasteiger partial charge on any atom is 0.124 e. The number of nitrogens with zero attached hydrogens (tertiary/aromatic N) is 5. The molecule has 2 atom stereocenters. The first-order valence-electron chi connectivity index (χ1n) is 12.7. The predicted octanol–water partition coefficient (Wildman–Crippen LogP) is 5.80. The van der Waals surface area contributed by atoms with Crippen LogP contribution >= 0.6 is 0 Å². The van der Waals surface area contributed by atoms with Crippen molar-refractivity contribution in [1.29, 1.82) is 5.26 Å². The Morgan fingerprint density at radius 2 is 1.97 bits per heavy atom. The van der Waals surface area contributed by atoms with Gasteiger partial charge in [-0.2, -0.15) is 5.26 Å². The van der Waals surface area contributed by atoms with E-state index in [1.165, 1.54) is 22.3 Å². The van der Waals surface area contributed by atoms with Crippen LogP contribution < -0.4 is 4.74 Å². The van der Waals surface area contributed by atoms with E-state index in [0.717, 1.165) is 54.0 Å². The van der Waals surface area contributed by atoms with Gasteiger partial charge in [-0.3, -0.25) is 4.90 Å². The van der Waals surface area contributed by atoms with Crippen molar-refractivity contribution in [2.45, 2.75) is 58.7 Å². The smallest absolute Gasteiger partial charge is 0.124 e. The first kappa shape index (κ1) is 24.0. The topological polar surface area (TPSA) is 67.0 Å². The molecule has 0 amide bonds. The second kappa shape index (κ2) is 10.1. The lowest BCUT2D eigenvalue weighted by molar-refractivity contribution is 0.139. The van der Waals surface area contributed by atoms with Crippen molar-refractivity contribution in [3.8, 4) is 11.8 Å². The zero-order chi connectivity index (χ0) is 25.2. The summed E-state index contributed by atoms with van der Waals surface area (Å²) in [7, 11) is 1.91. The Hall–Kier alpha value is -3.69. The van der Waals surface area contributed by atoms with Crippen molar-refractivity contribution in [3.05, 3.63) is 88.0 Å². The molecule has 0 aliphatic carbocycles. The van der Waals surface area contributed by atoms with Gasteiger partial charge >= 0.3 is 0 Å². The predicted molar refractivity (Wildman–Crippen MR) is 142 cm³/mol. The molecule has 1 aliphatic heterocycles. The number of hydrogen-bond acceptors (Lipinski definition) is 5. The quantitative estimate of drug-likeness (QED) is 0.349. The Kier molecular flexibility index (Phi) is 6.75. The van der Waals surface area contributed by atoms with Crippen LogP contribution in [0, 0.1) is 25.2 Å². The van der Waals surface area contributed by atoms with Gasteiger partial charge in [0.2, 0.25) is 0 Å². The summed E-state index contributed by atoms with van der Waals surface area (Å²) in [5, 5.41) is 18.3. The van der Waals surface area contributed by atoms with Crippen LogP contribution in [0.25, 0.3) is 11.0 Å². The molecule has 6 heteroatoms. The SMILES string of the molecule is CC[C@@H]1CN(Cc2cc(C(CC#N)c3ccc4c(nnn4C)c3C)ccc2C)Cc2ccccc2O1. The highest BCUT2D eigenvalue weighted by atomic mass is 16.5. The minimum Gasteiger partial charge on any atom is -0.489 e. The van der Waals surface area contributed by atoms with Crippen molar-refractivity contribution in [2.75, 3.05) is 6.54 Å². The molecule has 2 heterocycles. The van der Waals surface area contributed by atoms with Crippen LogP contribution in [0.1, 0.15) is 59.1 Å². The molecule has 1 unspecified atom stereocenters. The number of para-hydroxylation sites is 1. The number of fused-ring (bicyclic) bond motifs is 2. The van der Waals surface area contributed by atoms with Crippen LogP contribution in [0.15, 0.2) is 54.6 Å². The van der Waals surface area contributed by atoms with Gasteiger partial charge in [0.1, 0.15) is 17.4 Å². The van der Waals surface area contributed by atoms with E-state index in [4.69, 9.17) is 4.74 Å². The molecule has 0 N–H and O–H groups in total. The molecular weight excluding hydrogens is 446 g/mol. The second-order valence-corrected chi connectivity index (χ2v) is 9.89. The number of ether oxygens (including phenoxy) is 1. The number of aromatic nitrogens is 3. The third-order valence-electron chi connectivity index (χ3n) is 7.50. The van der Waals surface area contributed by atoms with Crippen LogP contribution in [0.5, 0.6) is 5.75 Å². The van der Waals surface area contributed by atoms with Gasteiger partial charge in [-0.25, -0.2) is 4.68 Å². The van der Waals surface area contributed by atoms with Crippen LogP contribution in [0.4, 0.5) is 0 Å². The minimum absolute atomic E-state index is 0.0164. The monoisotopic (exact) mass is 479 g/mol. The van der Waals surface area contributed by atoms with Crippen LogP contribution in [-0.2, 0) is 20.1 Å². The summed E-state index contributed by atoms with van der Waals surface area (Å²) < 4.78 is 8.11. The number of aryl methyl sites for hydroxylation is 3. The van der Waals surface area contributed by atoms with Crippen LogP contribution in [-0.4, -0.2) is 32.5 Å². The molecule has 36 heavy (non-hydrogen) atoms. The second-order valence-electron chi connectivity index (χ2n) is 9.89. The number of hydrogen-bond donors (Lipinski definition) is 0. The largest absolute Gasteiger partial charge is 0.489 e. The molecule has 1 aromatic heterocycles. The van der Waals surface area contributed by atoms with Gasteiger partial charge in [0.25, 0.3) is 0 Å². The first-order chi connectivity index (χ1) is 17.5. The van der Waals surface area contributed by atoms with Crippen molar-refractivity contribution in [1.82, 2.24) is 19.9 Å². The number of benzene rings is 3. The van der Waals surface area contributed by atoms with Crippen molar-refractivity contribution < 1.29 is 4.74 Å². The fourth-order valence-electron chi connectivity index (χ4n) is 5.34. The lowest BCUT2D eigenvalue weighted by Crippen LogP contribution is -2.32. The molecule has 5 rings (SSSR count). The van der Waals surface area contributed by atoms with Gasteiger partial charge < -0.3 is 4.74 Å². The molecule has 0 spiro atoms. The zero-order valence-electron chi connectivity index (χ0n) is 21.5. The average Bonchev–Trinajstić information content (AvgIpc) is 3.16. The van der Waals surface area contributed by atoms with Gasteiger partial charge in [0, 0.05) is 44.6 Å². The first-order valence-corrected chi connectivity index (χ1v) is 12.7. The summed E-state index contributed by atoms with van der Waals surface area (Å²) in [6, 6.07) is 21.7. The van der Waals surface area contributed by atoms with Gasteiger partial charge in [-0.05, 0) is 60.2 Å². The average molecular weight is 480 g/mol. The standard InChI is InChI=1S/C30H33N5O/c1-5-25-19-35(17-23-8-6-7-9-29(23)36-25)18-24-16-22(11-10-20(24)2)27(14-15-31)26-12-13-28-30(21(26)3)32-33-34(28)4/h6-13,16,25,27H,5,14,17-19H2,1-4H3/t25-,27?/m1/s1. The lowest BCUT2D eigenvalue weighted by atomic mass is 9.84. The molecule has 0 radical (unpaired) electrons. The van der Waals surface area contributed by atoms with E-state index in [9.17, 15) is 5.26 Å². The molecule has 4 aromatic rings. The molecule has 0 saturated carbocycles. The molecule has 0 fully saturated rings. The Morgan fingerprint density at radius 1 is 1.14 bits per heavy atom. The van der Waals surface area contributed by atoms with Crippen molar-refractivity contribution in [2.24, 2.45) is 7.05 Å². The van der Waals surface area contributed by atoms with Crippen LogP contribution in [0.2, 0.25) is 0 Å². The molecule has 0 saturated heterocycles. The highest BCUT2D eigenvalue weighted by Gasteiger charge is 2.24. The molecule has 1 aliphatic rings. The van der Waals surface area contributed by atoms with Gasteiger partial charge in [0.05, 0.1) is 11.6 Å². The van der Waals surface area contributed by atoms with Gasteiger partial charge in [-0.1, -0.05) is 54.6 Å². The van der Waals surface area contributed by atoms with E-state index in [2.05, 4.69) is 90.6 Å². The maximum absolute atomic E-state index is 9.73. The highest BCUT2D eigenvalue weighted by molar-refractivity contribution is 5.79. The van der Waals surface area contributed by atoms with Gasteiger partial charge in [0.15, 0.2) is 0 Å². The van der Waals surface area contributed by atoms with Crippen molar-refractivity contribution in [3.63, 3.8) is 0 Å². The Bertz CT molecular complexity index is 1430. The fourth-order valence-corrected chi connectivity index (χ4v) is 5.34. The zero-order valence-corrected chi connectivity index (χ0v) is 21.5. The molecule has 6 nitrogen and oxygen atoms in total. The van der Waals surface area contributed by atoms with Crippen molar-refractivity contribution >= 4 is 11.0 Å². The summed E-state index contributed by atoms with van der Waals surface area (Å²) in [5.74, 6) is 0.985. The summed E-state index contributed by atoms with van der Waals surface area (Å²) in [5.41, 5.74) is 9.10. The minimum atomic E-state index is -0.0164. The maximum atomic E-state index is 9.73. The van der Waals surface area contributed by atoms with E-state index < -0.39 is 0 Å². The summed E-state index contributed by atoms with van der Waals surface area (Å²) >= 11 is 0. The van der Waals surface area contributed by atoms with E-state index in [1.54, 1.807) is 4.68 Å². The number of rotatable bonds is 6. The van der Waals surface area contributed by atoms with E-state index in [0.29, 0.717) is 6.42 Å². The lowest BCUT2D eigenvalue weighted by Gasteiger charge is -2.25. The summed E-state index contributed by atoms with van der Waals surface area (Å²) in [6.07, 6.45) is 1.56.